The SMILES string of the molecule is N[C@H](CC1CC1)c1cc(Cl)c[nH]c1=O. The van der Waals surface area contributed by atoms with Crippen LogP contribution in [0.2, 0.25) is 5.02 Å². The van der Waals surface area contributed by atoms with Gasteiger partial charge >= 0.3 is 0 Å². The molecule has 1 aliphatic rings. The first-order valence-electron chi connectivity index (χ1n) is 4.80. The molecule has 0 radical (unpaired) electrons. The van der Waals surface area contributed by atoms with Gasteiger partial charge in [0.15, 0.2) is 0 Å². The van der Waals surface area contributed by atoms with Crippen molar-refractivity contribution in [3.63, 3.8) is 0 Å². The molecule has 14 heavy (non-hydrogen) atoms. The van der Waals surface area contributed by atoms with E-state index in [1.807, 2.05) is 0 Å². The lowest BCUT2D eigenvalue weighted by atomic mass is 10.0. The number of aromatic amines is 1. The minimum atomic E-state index is -0.176. The molecule has 3 N–H and O–H groups in total. The van der Waals surface area contributed by atoms with Crippen molar-refractivity contribution in [2.75, 3.05) is 0 Å². The van der Waals surface area contributed by atoms with Gasteiger partial charge in [0.05, 0.1) is 5.02 Å². The number of nitrogens with two attached hydrogens (primary N) is 1. The van der Waals surface area contributed by atoms with E-state index in [1.54, 1.807) is 6.07 Å². The molecule has 0 spiro atoms. The smallest absolute Gasteiger partial charge is 0.252 e. The van der Waals surface area contributed by atoms with Crippen molar-refractivity contribution in [2.45, 2.75) is 25.3 Å². The summed E-state index contributed by atoms with van der Waals surface area (Å²) in [5.74, 6) is 0.711. The number of rotatable bonds is 3. The van der Waals surface area contributed by atoms with Gasteiger partial charge in [0.25, 0.3) is 5.56 Å². The fraction of sp³-hybridized carbons (Fsp3) is 0.500. The summed E-state index contributed by atoms with van der Waals surface area (Å²) >= 11 is 5.79. The normalized spacial score (nSPS) is 18.1. The summed E-state index contributed by atoms with van der Waals surface area (Å²) in [5, 5.41) is 0.533. The first-order chi connectivity index (χ1) is 6.66. The van der Waals surface area contributed by atoms with Crippen LogP contribution >= 0.6 is 11.6 Å². The van der Waals surface area contributed by atoms with Crippen molar-refractivity contribution in [1.29, 1.82) is 0 Å². The molecule has 0 unspecified atom stereocenters. The Bertz CT molecular complexity index is 384. The van der Waals surface area contributed by atoms with Crippen LogP contribution in [-0.2, 0) is 0 Å². The van der Waals surface area contributed by atoms with Gasteiger partial charge < -0.3 is 10.7 Å². The van der Waals surface area contributed by atoms with E-state index in [0.29, 0.717) is 16.5 Å². The van der Waals surface area contributed by atoms with E-state index in [1.165, 1.54) is 19.0 Å². The van der Waals surface area contributed by atoms with Crippen LogP contribution in [0.5, 0.6) is 0 Å². The van der Waals surface area contributed by atoms with Crippen molar-refractivity contribution < 1.29 is 0 Å². The third-order valence-corrected chi connectivity index (χ3v) is 2.80. The van der Waals surface area contributed by atoms with E-state index in [2.05, 4.69) is 4.98 Å². The minimum Gasteiger partial charge on any atom is -0.327 e. The van der Waals surface area contributed by atoms with Gasteiger partial charge in [-0.25, -0.2) is 0 Å². The van der Waals surface area contributed by atoms with Gasteiger partial charge in [0.1, 0.15) is 0 Å². The molecule has 1 aromatic rings. The standard InChI is InChI=1S/C10H13ClN2O/c11-7-4-8(10(14)13-5-7)9(12)3-6-1-2-6/h4-6,9H,1-3,12H2,(H,13,14)/t9-/m1/s1. The third kappa shape index (κ3) is 2.16. The fourth-order valence-corrected chi connectivity index (χ4v) is 1.76. The predicted molar refractivity (Wildman–Crippen MR) is 56.3 cm³/mol. The van der Waals surface area contributed by atoms with Gasteiger partial charge in [-0.1, -0.05) is 24.4 Å². The van der Waals surface area contributed by atoms with Gasteiger partial charge in [-0.05, 0) is 18.4 Å². The summed E-state index contributed by atoms with van der Waals surface area (Å²) < 4.78 is 0. The second-order valence-electron chi connectivity index (χ2n) is 3.89. The molecule has 2 rings (SSSR count). The Morgan fingerprint density at radius 2 is 2.36 bits per heavy atom. The number of hydrogen-bond donors (Lipinski definition) is 2. The second kappa shape index (κ2) is 3.75. The lowest BCUT2D eigenvalue weighted by Crippen LogP contribution is -2.21. The molecule has 1 fully saturated rings. The lowest BCUT2D eigenvalue weighted by molar-refractivity contribution is 0.591. The summed E-state index contributed by atoms with van der Waals surface area (Å²) in [6.45, 7) is 0. The topological polar surface area (TPSA) is 58.9 Å². The number of hydrogen-bond acceptors (Lipinski definition) is 2. The van der Waals surface area contributed by atoms with E-state index in [4.69, 9.17) is 17.3 Å². The molecule has 76 valence electrons. The van der Waals surface area contributed by atoms with Gasteiger partial charge in [-0.3, -0.25) is 4.79 Å². The quantitative estimate of drug-likeness (QED) is 0.803. The number of H-pyrrole nitrogens is 1. The highest BCUT2D eigenvalue weighted by molar-refractivity contribution is 6.30. The van der Waals surface area contributed by atoms with E-state index in [-0.39, 0.29) is 11.6 Å². The van der Waals surface area contributed by atoms with E-state index >= 15 is 0 Å². The molecule has 0 aliphatic heterocycles. The summed E-state index contributed by atoms with van der Waals surface area (Å²) in [7, 11) is 0. The summed E-state index contributed by atoms with van der Waals surface area (Å²) in [6, 6.07) is 1.48. The van der Waals surface area contributed by atoms with Crippen LogP contribution < -0.4 is 11.3 Å². The minimum absolute atomic E-state index is 0.123. The highest BCUT2D eigenvalue weighted by atomic mass is 35.5. The zero-order chi connectivity index (χ0) is 10.1. The van der Waals surface area contributed by atoms with Crippen LogP contribution in [0.4, 0.5) is 0 Å². The molecular weight excluding hydrogens is 200 g/mol. The van der Waals surface area contributed by atoms with Gasteiger partial charge in [0.2, 0.25) is 0 Å². The van der Waals surface area contributed by atoms with Crippen LogP contribution in [0.25, 0.3) is 0 Å². The van der Waals surface area contributed by atoms with Crippen molar-refractivity contribution >= 4 is 11.6 Å². The Morgan fingerprint density at radius 1 is 1.64 bits per heavy atom. The molecule has 0 aromatic carbocycles. The van der Waals surface area contributed by atoms with Crippen molar-refractivity contribution in [2.24, 2.45) is 11.7 Å². The number of aromatic nitrogens is 1. The Labute approximate surface area is 87.3 Å². The Hall–Kier alpha value is -0.800. The van der Waals surface area contributed by atoms with E-state index < -0.39 is 0 Å². The molecular formula is C10H13ClN2O. The van der Waals surface area contributed by atoms with Crippen LogP contribution in [0, 0.1) is 5.92 Å². The zero-order valence-corrected chi connectivity index (χ0v) is 8.55. The van der Waals surface area contributed by atoms with Crippen molar-refractivity contribution in [1.82, 2.24) is 4.98 Å². The molecule has 1 heterocycles. The maximum Gasteiger partial charge on any atom is 0.252 e. The highest BCUT2D eigenvalue weighted by Gasteiger charge is 2.25. The summed E-state index contributed by atoms with van der Waals surface area (Å²) in [4.78, 5) is 14.0. The van der Waals surface area contributed by atoms with Crippen LogP contribution in [0.3, 0.4) is 0 Å². The summed E-state index contributed by atoms with van der Waals surface area (Å²) in [6.07, 6.45) is 4.86. The van der Waals surface area contributed by atoms with Crippen molar-refractivity contribution in [3.05, 3.63) is 33.2 Å². The summed E-state index contributed by atoms with van der Waals surface area (Å²) in [5.41, 5.74) is 6.41. The van der Waals surface area contributed by atoms with E-state index in [9.17, 15) is 4.79 Å². The second-order valence-corrected chi connectivity index (χ2v) is 4.32. The molecule has 1 aliphatic carbocycles. The number of halogens is 1. The van der Waals surface area contributed by atoms with Crippen LogP contribution in [0.15, 0.2) is 17.1 Å². The first kappa shape index (κ1) is 9.74. The molecule has 0 bridgehead atoms. The Morgan fingerprint density at radius 3 is 3.00 bits per heavy atom. The molecule has 0 amide bonds. The average molecular weight is 213 g/mol. The largest absolute Gasteiger partial charge is 0.327 e. The highest BCUT2D eigenvalue weighted by Crippen LogP contribution is 2.36. The maximum atomic E-state index is 11.4. The molecule has 4 heteroatoms. The number of pyridine rings is 1. The molecule has 0 saturated heterocycles. The zero-order valence-electron chi connectivity index (χ0n) is 7.79. The number of nitrogens with one attached hydrogen (secondary N) is 1. The van der Waals surface area contributed by atoms with Crippen LogP contribution in [0.1, 0.15) is 30.9 Å². The Balaban J connectivity index is 2.20. The monoisotopic (exact) mass is 212 g/mol. The molecule has 3 nitrogen and oxygen atoms in total. The van der Waals surface area contributed by atoms with Gasteiger partial charge in [0, 0.05) is 17.8 Å². The van der Waals surface area contributed by atoms with Gasteiger partial charge in [-0.15, -0.1) is 0 Å². The average Bonchev–Trinajstić information content (AvgIpc) is 2.93. The molecule has 1 saturated carbocycles. The molecule has 1 aromatic heterocycles. The maximum absolute atomic E-state index is 11.4. The lowest BCUT2D eigenvalue weighted by Gasteiger charge is -2.09. The third-order valence-electron chi connectivity index (χ3n) is 2.58. The predicted octanol–water partition coefficient (Wildman–Crippen LogP) is 1.83. The van der Waals surface area contributed by atoms with Crippen molar-refractivity contribution in [3.8, 4) is 0 Å². The van der Waals surface area contributed by atoms with E-state index in [0.717, 1.165) is 6.42 Å². The first-order valence-corrected chi connectivity index (χ1v) is 5.18. The van der Waals surface area contributed by atoms with Crippen LogP contribution in [-0.4, -0.2) is 4.98 Å². The van der Waals surface area contributed by atoms with Gasteiger partial charge in [-0.2, -0.15) is 0 Å². The Kier molecular flexibility index (Phi) is 2.61. The molecule has 1 atom stereocenters. The fourth-order valence-electron chi connectivity index (χ4n) is 1.59.